The molecule has 0 radical (unpaired) electrons. The van der Waals surface area contributed by atoms with Crippen LogP contribution >= 0.6 is 11.6 Å². The number of phenols is 1. The van der Waals surface area contributed by atoms with E-state index in [1.807, 2.05) is 6.07 Å². The highest BCUT2D eigenvalue weighted by Gasteiger charge is 2.39. The monoisotopic (exact) mass is 212 g/mol. The molecule has 0 unspecified atom stereocenters. The van der Waals surface area contributed by atoms with Crippen molar-refractivity contribution in [3.63, 3.8) is 0 Å². The Balaban J connectivity index is 2.40. The second kappa shape index (κ2) is 3.44. The molecule has 0 aromatic heterocycles. The molecule has 14 heavy (non-hydrogen) atoms. The highest BCUT2D eigenvalue weighted by atomic mass is 35.5. The molecule has 1 aliphatic rings. The molecule has 1 aliphatic carbocycles. The summed E-state index contributed by atoms with van der Waals surface area (Å²) in [5.41, 5.74) is 0.616. The number of phenolic OH excluding ortho intramolecular Hbond substituents is 1. The average molecular weight is 213 g/mol. The van der Waals surface area contributed by atoms with Gasteiger partial charge < -0.3 is 10.2 Å². The molecule has 0 heterocycles. The van der Waals surface area contributed by atoms with Gasteiger partial charge in [-0.25, -0.2) is 0 Å². The zero-order chi connectivity index (χ0) is 10.2. The lowest BCUT2D eigenvalue weighted by atomic mass is 9.65. The maximum atomic E-state index is 9.73. The standard InChI is InChI=1S/C11H13ClO2/c12-8-2-3-9(10(14)6-8)11(7-13)4-1-5-11/h2-3,6,13-14H,1,4-5,7H2. The van der Waals surface area contributed by atoms with E-state index in [-0.39, 0.29) is 17.8 Å². The average Bonchev–Trinajstić information content (AvgIpc) is 2.07. The number of hydrogen-bond acceptors (Lipinski definition) is 2. The van der Waals surface area contributed by atoms with Crippen LogP contribution in [0, 0.1) is 0 Å². The Morgan fingerprint density at radius 2 is 2.07 bits per heavy atom. The molecule has 1 aromatic carbocycles. The lowest BCUT2D eigenvalue weighted by Crippen LogP contribution is -2.37. The van der Waals surface area contributed by atoms with Crippen molar-refractivity contribution in [1.29, 1.82) is 0 Å². The predicted octanol–water partition coefficient (Wildman–Crippen LogP) is 2.46. The van der Waals surface area contributed by atoms with E-state index in [1.54, 1.807) is 6.07 Å². The van der Waals surface area contributed by atoms with Crippen LogP contribution in [0.1, 0.15) is 24.8 Å². The van der Waals surface area contributed by atoms with Crippen molar-refractivity contribution in [3.8, 4) is 5.75 Å². The number of aliphatic hydroxyl groups is 1. The summed E-state index contributed by atoms with van der Waals surface area (Å²) in [6, 6.07) is 5.10. The molecule has 2 N–H and O–H groups in total. The molecule has 76 valence electrons. The minimum absolute atomic E-state index is 0.0994. The molecule has 1 saturated carbocycles. The molecule has 0 atom stereocenters. The summed E-state index contributed by atoms with van der Waals surface area (Å²) in [6.07, 6.45) is 3.00. The van der Waals surface area contributed by atoms with Crippen LogP contribution < -0.4 is 0 Å². The first-order valence-electron chi connectivity index (χ1n) is 4.78. The fourth-order valence-corrected chi connectivity index (χ4v) is 2.24. The Morgan fingerprint density at radius 1 is 1.36 bits per heavy atom. The number of hydrogen-bond donors (Lipinski definition) is 2. The van der Waals surface area contributed by atoms with Gasteiger partial charge in [-0.15, -0.1) is 0 Å². The second-order valence-electron chi connectivity index (χ2n) is 3.95. The lowest BCUT2D eigenvalue weighted by Gasteiger charge is -2.41. The van der Waals surface area contributed by atoms with E-state index in [2.05, 4.69) is 0 Å². The van der Waals surface area contributed by atoms with Gasteiger partial charge in [0.2, 0.25) is 0 Å². The summed E-state index contributed by atoms with van der Waals surface area (Å²) in [6.45, 7) is 0.0994. The fraction of sp³-hybridized carbons (Fsp3) is 0.455. The first-order valence-corrected chi connectivity index (χ1v) is 5.16. The van der Waals surface area contributed by atoms with Crippen LogP contribution in [0.3, 0.4) is 0 Å². The fourth-order valence-electron chi connectivity index (χ4n) is 2.07. The quantitative estimate of drug-likeness (QED) is 0.791. The summed E-state index contributed by atoms with van der Waals surface area (Å²) in [5, 5.41) is 19.6. The van der Waals surface area contributed by atoms with Crippen molar-refractivity contribution >= 4 is 11.6 Å². The van der Waals surface area contributed by atoms with Crippen LogP contribution in [-0.2, 0) is 5.41 Å². The van der Waals surface area contributed by atoms with Gasteiger partial charge in [-0.3, -0.25) is 0 Å². The largest absolute Gasteiger partial charge is 0.508 e. The summed E-state index contributed by atoms with van der Waals surface area (Å²) >= 11 is 5.75. The first-order chi connectivity index (χ1) is 6.68. The third kappa shape index (κ3) is 1.39. The molecule has 1 fully saturated rings. The molecule has 3 heteroatoms. The normalized spacial score (nSPS) is 19.0. The smallest absolute Gasteiger partial charge is 0.120 e. The Kier molecular flexibility index (Phi) is 2.41. The zero-order valence-corrected chi connectivity index (χ0v) is 8.59. The SMILES string of the molecule is OCC1(c2ccc(Cl)cc2O)CCC1. The van der Waals surface area contributed by atoms with E-state index < -0.39 is 0 Å². The van der Waals surface area contributed by atoms with E-state index in [0.717, 1.165) is 24.8 Å². The van der Waals surface area contributed by atoms with Gasteiger partial charge in [-0.05, 0) is 25.0 Å². The number of benzene rings is 1. The zero-order valence-electron chi connectivity index (χ0n) is 7.83. The van der Waals surface area contributed by atoms with Crippen molar-refractivity contribution < 1.29 is 10.2 Å². The van der Waals surface area contributed by atoms with Gasteiger partial charge in [0.15, 0.2) is 0 Å². The van der Waals surface area contributed by atoms with Crippen molar-refractivity contribution in [2.24, 2.45) is 0 Å². The maximum absolute atomic E-state index is 9.73. The van der Waals surface area contributed by atoms with Gasteiger partial charge >= 0.3 is 0 Å². The Labute approximate surface area is 88.1 Å². The Bertz CT molecular complexity index is 340. The van der Waals surface area contributed by atoms with Gasteiger partial charge in [0.05, 0.1) is 6.61 Å². The first kappa shape index (κ1) is 9.81. The van der Waals surface area contributed by atoms with Crippen molar-refractivity contribution in [2.45, 2.75) is 24.7 Å². The summed E-state index contributed by atoms with van der Waals surface area (Å²) < 4.78 is 0. The van der Waals surface area contributed by atoms with E-state index in [1.165, 1.54) is 6.07 Å². The van der Waals surface area contributed by atoms with E-state index in [9.17, 15) is 10.2 Å². The third-order valence-electron chi connectivity index (χ3n) is 3.14. The minimum Gasteiger partial charge on any atom is -0.508 e. The van der Waals surface area contributed by atoms with Crippen LogP contribution in [0.5, 0.6) is 5.75 Å². The number of rotatable bonds is 2. The van der Waals surface area contributed by atoms with Crippen LogP contribution in [0.25, 0.3) is 0 Å². The van der Waals surface area contributed by atoms with Crippen LogP contribution in [0.15, 0.2) is 18.2 Å². The molecule has 0 spiro atoms. The van der Waals surface area contributed by atoms with Crippen molar-refractivity contribution in [2.75, 3.05) is 6.61 Å². The topological polar surface area (TPSA) is 40.5 Å². The molecule has 2 nitrogen and oxygen atoms in total. The lowest BCUT2D eigenvalue weighted by molar-refractivity contribution is 0.117. The van der Waals surface area contributed by atoms with Crippen LogP contribution in [0.2, 0.25) is 5.02 Å². The molecule has 1 aromatic rings. The summed E-state index contributed by atoms with van der Waals surface area (Å²) in [4.78, 5) is 0. The van der Waals surface area contributed by atoms with E-state index >= 15 is 0 Å². The number of aliphatic hydroxyl groups excluding tert-OH is 1. The number of halogens is 1. The molecular weight excluding hydrogens is 200 g/mol. The Hall–Kier alpha value is -0.730. The van der Waals surface area contributed by atoms with Crippen molar-refractivity contribution in [1.82, 2.24) is 0 Å². The highest BCUT2D eigenvalue weighted by molar-refractivity contribution is 6.30. The summed E-state index contributed by atoms with van der Waals surface area (Å²) in [7, 11) is 0. The third-order valence-corrected chi connectivity index (χ3v) is 3.38. The predicted molar refractivity (Wildman–Crippen MR) is 55.7 cm³/mol. The number of aromatic hydroxyl groups is 1. The van der Waals surface area contributed by atoms with Crippen LogP contribution in [-0.4, -0.2) is 16.8 Å². The minimum atomic E-state index is -0.214. The maximum Gasteiger partial charge on any atom is 0.120 e. The van der Waals surface area contributed by atoms with Gasteiger partial charge in [0.25, 0.3) is 0 Å². The van der Waals surface area contributed by atoms with Crippen LogP contribution in [0.4, 0.5) is 0 Å². The van der Waals surface area contributed by atoms with E-state index in [0.29, 0.717) is 5.02 Å². The van der Waals surface area contributed by atoms with Gasteiger partial charge in [-0.1, -0.05) is 24.1 Å². The highest BCUT2D eigenvalue weighted by Crippen LogP contribution is 2.46. The molecule has 0 bridgehead atoms. The molecule has 0 amide bonds. The summed E-state index contributed by atoms with van der Waals surface area (Å²) in [5.74, 6) is 0.200. The van der Waals surface area contributed by atoms with Crippen molar-refractivity contribution in [3.05, 3.63) is 28.8 Å². The molecule has 0 aliphatic heterocycles. The van der Waals surface area contributed by atoms with E-state index in [4.69, 9.17) is 11.6 Å². The second-order valence-corrected chi connectivity index (χ2v) is 4.39. The van der Waals surface area contributed by atoms with Gasteiger partial charge in [0, 0.05) is 16.0 Å². The van der Waals surface area contributed by atoms with Gasteiger partial charge in [0.1, 0.15) is 5.75 Å². The molecule has 2 rings (SSSR count). The molecule has 0 saturated heterocycles. The van der Waals surface area contributed by atoms with Gasteiger partial charge in [-0.2, -0.15) is 0 Å². The molecular formula is C11H13ClO2. The Morgan fingerprint density at radius 3 is 2.50 bits per heavy atom.